The van der Waals surface area contributed by atoms with E-state index in [1.165, 1.54) is 12.8 Å². The van der Waals surface area contributed by atoms with Crippen LogP contribution in [0.15, 0.2) is 0 Å². The molecule has 2 nitrogen and oxygen atoms in total. The topological polar surface area (TPSA) is 32.3 Å². The summed E-state index contributed by atoms with van der Waals surface area (Å²) in [5.74, 6) is 0. The smallest absolute Gasteiger partial charge is 0.0664 e. The SMILES string of the molecule is O[C@@H]1CCCCNC1. The molecule has 0 aromatic rings. The molecule has 2 heteroatoms. The van der Waals surface area contributed by atoms with Crippen molar-refractivity contribution in [1.82, 2.24) is 5.32 Å². The standard InChI is InChI=1S/C6H13NO/c8-6-3-1-2-4-7-5-6/h6-8H,1-5H2/t6-/m1/s1. The Labute approximate surface area is 49.9 Å². The molecule has 0 radical (unpaired) electrons. The molecule has 0 aliphatic carbocycles. The first-order valence-corrected chi connectivity index (χ1v) is 3.28. The average molecular weight is 115 g/mol. The number of β-amino-alcohol motifs (C(OH)–C–C–N with tert-alkyl or cyclic N) is 1. The van der Waals surface area contributed by atoms with Gasteiger partial charge < -0.3 is 10.4 Å². The van der Waals surface area contributed by atoms with Crippen molar-refractivity contribution < 1.29 is 5.11 Å². The largest absolute Gasteiger partial charge is 0.392 e. The van der Waals surface area contributed by atoms with Crippen molar-refractivity contribution in [2.24, 2.45) is 0 Å². The molecule has 0 aromatic carbocycles. The van der Waals surface area contributed by atoms with Crippen LogP contribution in [0.1, 0.15) is 19.3 Å². The third kappa shape index (κ3) is 1.80. The quantitative estimate of drug-likeness (QED) is 0.470. The third-order valence-corrected chi connectivity index (χ3v) is 1.52. The summed E-state index contributed by atoms with van der Waals surface area (Å²) >= 11 is 0. The Morgan fingerprint density at radius 2 is 2.25 bits per heavy atom. The summed E-state index contributed by atoms with van der Waals surface area (Å²) in [6.45, 7) is 1.87. The summed E-state index contributed by atoms with van der Waals surface area (Å²) in [6, 6.07) is 0. The zero-order chi connectivity index (χ0) is 5.82. The second kappa shape index (κ2) is 3.05. The number of rotatable bonds is 0. The van der Waals surface area contributed by atoms with Crippen LogP contribution in [-0.4, -0.2) is 24.3 Å². The van der Waals surface area contributed by atoms with E-state index in [1.54, 1.807) is 0 Å². The van der Waals surface area contributed by atoms with E-state index in [2.05, 4.69) is 5.32 Å². The van der Waals surface area contributed by atoms with Gasteiger partial charge >= 0.3 is 0 Å². The normalized spacial score (nSPS) is 31.9. The van der Waals surface area contributed by atoms with Crippen molar-refractivity contribution in [2.45, 2.75) is 25.4 Å². The van der Waals surface area contributed by atoms with Gasteiger partial charge in [-0.05, 0) is 25.8 Å². The van der Waals surface area contributed by atoms with Crippen molar-refractivity contribution >= 4 is 0 Å². The molecule has 1 heterocycles. The van der Waals surface area contributed by atoms with E-state index in [1.807, 2.05) is 0 Å². The minimum absolute atomic E-state index is 0.0856. The maximum absolute atomic E-state index is 9.03. The minimum atomic E-state index is -0.0856. The Balaban J connectivity index is 2.17. The highest BCUT2D eigenvalue weighted by atomic mass is 16.3. The van der Waals surface area contributed by atoms with E-state index >= 15 is 0 Å². The average Bonchev–Trinajstić information content (AvgIpc) is 1.94. The van der Waals surface area contributed by atoms with Gasteiger partial charge in [0.25, 0.3) is 0 Å². The van der Waals surface area contributed by atoms with Crippen LogP contribution in [0.2, 0.25) is 0 Å². The lowest BCUT2D eigenvalue weighted by Gasteiger charge is -2.03. The first-order valence-electron chi connectivity index (χ1n) is 3.28. The van der Waals surface area contributed by atoms with Crippen LogP contribution >= 0.6 is 0 Å². The summed E-state index contributed by atoms with van der Waals surface area (Å²) < 4.78 is 0. The van der Waals surface area contributed by atoms with Crippen LogP contribution < -0.4 is 5.32 Å². The molecule has 2 N–H and O–H groups in total. The lowest BCUT2D eigenvalue weighted by atomic mass is 10.2. The Kier molecular flexibility index (Phi) is 2.30. The molecule has 0 bridgehead atoms. The number of aliphatic hydroxyl groups is 1. The van der Waals surface area contributed by atoms with Crippen molar-refractivity contribution in [1.29, 1.82) is 0 Å². The summed E-state index contributed by atoms with van der Waals surface area (Å²) in [6.07, 6.45) is 3.29. The van der Waals surface area contributed by atoms with Gasteiger partial charge in [0.15, 0.2) is 0 Å². The molecular weight excluding hydrogens is 102 g/mol. The molecule has 1 aliphatic rings. The number of nitrogens with one attached hydrogen (secondary N) is 1. The predicted molar refractivity (Wildman–Crippen MR) is 32.7 cm³/mol. The van der Waals surface area contributed by atoms with E-state index in [-0.39, 0.29) is 6.10 Å². The predicted octanol–water partition coefficient (Wildman–Crippen LogP) is 0.121. The fraction of sp³-hybridized carbons (Fsp3) is 1.00. The van der Waals surface area contributed by atoms with Crippen molar-refractivity contribution in [3.63, 3.8) is 0 Å². The molecule has 1 aliphatic heterocycles. The van der Waals surface area contributed by atoms with E-state index in [9.17, 15) is 0 Å². The molecule has 0 aromatic heterocycles. The Morgan fingerprint density at radius 1 is 1.38 bits per heavy atom. The van der Waals surface area contributed by atoms with E-state index in [4.69, 9.17) is 5.11 Å². The van der Waals surface area contributed by atoms with E-state index < -0.39 is 0 Å². The van der Waals surface area contributed by atoms with Gasteiger partial charge in [-0.3, -0.25) is 0 Å². The highest BCUT2D eigenvalue weighted by molar-refractivity contribution is 4.64. The molecule has 1 rings (SSSR count). The summed E-state index contributed by atoms with van der Waals surface area (Å²) in [7, 11) is 0. The number of aliphatic hydroxyl groups excluding tert-OH is 1. The lowest BCUT2D eigenvalue weighted by Crippen LogP contribution is -2.23. The highest BCUT2D eigenvalue weighted by Crippen LogP contribution is 2.02. The van der Waals surface area contributed by atoms with Gasteiger partial charge in [-0.15, -0.1) is 0 Å². The molecule has 48 valence electrons. The zero-order valence-electron chi connectivity index (χ0n) is 5.06. The summed E-state index contributed by atoms with van der Waals surface area (Å²) in [5, 5.41) is 12.2. The summed E-state index contributed by atoms with van der Waals surface area (Å²) in [4.78, 5) is 0. The Morgan fingerprint density at radius 3 is 3.12 bits per heavy atom. The maximum Gasteiger partial charge on any atom is 0.0664 e. The molecule has 0 saturated carbocycles. The zero-order valence-corrected chi connectivity index (χ0v) is 5.06. The highest BCUT2D eigenvalue weighted by Gasteiger charge is 2.05. The van der Waals surface area contributed by atoms with Gasteiger partial charge in [0.1, 0.15) is 0 Å². The molecule has 1 atom stereocenters. The Hall–Kier alpha value is -0.0800. The van der Waals surface area contributed by atoms with Crippen LogP contribution in [0.5, 0.6) is 0 Å². The van der Waals surface area contributed by atoms with Gasteiger partial charge in [-0.1, -0.05) is 0 Å². The molecular formula is C6H13NO. The van der Waals surface area contributed by atoms with Crippen LogP contribution in [0.25, 0.3) is 0 Å². The Bertz CT molecular complexity index is 57.5. The molecule has 0 spiro atoms. The van der Waals surface area contributed by atoms with Gasteiger partial charge in [0.2, 0.25) is 0 Å². The molecule has 0 unspecified atom stereocenters. The van der Waals surface area contributed by atoms with Crippen molar-refractivity contribution in [2.75, 3.05) is 13.1 Å². The van der Waals surface area contributed by atoms with Crippen LogP contribution in [-0.2, 0) is 0 Å². The van der Waals surface area contributed by atoms with Crippen LogP contribution in [0, 0.1) is 0 Å². The van der Waals surface area contributed by atoms with Crippen molar-refractivity contribution in [3.8, 4) is 0 Å². The maximum atomic E-state index is 9.03. The molecule has 1 saturated heterocycles. The second-order valence-electron chi connectivity index (χ2n) is 2.35. The van der Waals surface area contributed by atoms with Gasteiger partial charge in [0.05, 0.1) is 6.10 Å². The molecule has 1 fully saturated rings. The van der Waals surface area contributed by atoms with E-state index in [0.29, 0.717) is 0 Å². The third-order valence-electron chi connectivity index (χ3n) is 1.52. The van der Waals surface area contributed by atoms with Crippen LogP contribution in [0.3, 0.4) is 0 Å². The van der Waals surface area contributed by atoms with Crippen molar-refractivity contribution in [3.05, 3.63) is 0 Å². The monoisotopic (exact) mass is 115 g/mol. The van der Waals surface area contributed by atoms with Gasteiger partial charge in [-0.2, -0.15) is 0 Å². The number of hydrogen-bond donors (Lipinski definition) is 2. The molecule has 0 amide bonds. The fourth-order valence-corrected chi connectivity index (χ4v) is 1.00. The first kappa shape index (κ1) is 6.05. The second-order valence-corrected chi connectivity index (χ2v) is 2.35. The van der Waals surface area contributed by atoms with Gasteiger partial charge in [0, 0.05) is 6.54 Å². The van der Waals surface area contributed by atoms with Gasteiger partial charge in [-0.25, -0.2) is 0 Å². The number of hydrogen-bond acceptors (Lipinski definition) is 2. The lowest BCUT2D eigenvalue weighted by molar-refractivity contribution is 0.168. The summed E-state index contributed by atoms with van der Waals surface area (Å²) in [5.41, 5.74) is 0. The molecule has 8 heavy (non-hydrogen) atoms. The minimum Gasteiger partial charge on any atom is -0.392 e. The van der Waals surface area contributed by atoms with E-state index in [0.717, 1.165) is 19.5 Å². The fourth-order valence-electron chi connectivity index (χ4n) is 1.00. The first-order chi connectivity index (χ1) is 3.89. The van der Waals surface area contributed by atoms with Crippen LogP contribution in [0.4, 0.5) is 0 Å².